The predicted molar refractivity (Wildman–Crippen MR) is 119 cm³/mol. The summed E-state index contributed by atoms with van der Waals surface area (Å²) in [6.07, 6.45) is 11.3. The van der Waals surface area contributed by atoms with Crippen molar-refractivity contribution in [2.24, 2.45) is 28.6 Å². The van der Waals surface area contributed by atoms with Crippen LogP contribution in [0.4, 0.5) is 0 Å². The first-order chi connectivity index (χ1) is 13.8. The molecule has 0 radical (unpaired) electrons. The van der Waals surface area contributed by atoms with Crippen LogP contribution in [0.1, 0.15) is 64.4 Å². The molecule has 2 N–H and O–H groups in total. The fraction of sp³-hybridized carbons (Fsp3) is 0.615. The van der Waals surface area contributed by atoms with Crippen molar-refractivity contribution >= 4 is 17.7 Å². The van der Waals surface area contributed by atoms with Crippen LogP contribution in [0, 0.1) is 28.6 Å². The van der Waals surface area contributed by atoms with Gasteiger partial charge in [-0.15, -0.1) is 0 Å². The van der Waals surface area contributed by atoms with Gasteiger partial charge < -0.3 is 10.2 Å². The molecule has 2 nitrogen and oxygen atoms in total. The van der Waals surface area contributed by atoms with Gasteiger partial charge in [-0.2, -0.15) is 0 Å². The number of rotatable bonds is 1. The van der Waals surface area contributed by atoms with Crippen LogP contribution in [0.15, 0.2) is 41.5 Å². The van der Waals surface area contributed by atoms with Crippen LogP contribution in [0.5, 0.6) is 0 Å². The highest BCUT2D eigenvalue weighted by Crippen LogP contribution is 2.65. The lowest BCUT2D eigenvalue weighted by molar-refractivity contribution is -0.0685. The Morgan fingerprint density at radius 2 is 1.83 bits per heavy atom. The van der Waals surface area contributed by atoms with Crippen LogP contribution in [0.3, 0.4) is 0 Å². The Morgan fingerprint density at radius 3 is 2.62 bits per heavy atom. The highest BCUT2D eigenvalue weighted by molar-refractivity contribution is 6.32. The van der Waals surface area contributed by atoms with E-state index in [0.717, 1.165) is 54.7 Å². The van der Waals surface area contributed by atoms with Crippen molar-refractivity contribution in [3.05, 3.63) is 52.1 Å². The Hall–Kier alpha value is -1.09. The molecular weight excluding hydrogens is 380 g/mol. The highest BCUT2D eigenvalue weighted by Gasteiger charge is 2.59. The maximum absolute atomic E-state index is 11.4. The van der Waals surface area contributed by atoms with Crippen molar-refractivity contribution in [2.45, 2.75) is 71.0 Å². The number of allylic oxidation sites excluding steroid dienone is 1. The average Bonchev–Trinajstić information content (AvgIpc) is 2.95. The molecule has 0 amide bonds. The van der Waals surface area contributed by atoms with Crippen LogP contribution >= 0.6 is 11.6 Å². The number of halogens is 1. The van der Waals surface area contributed by atoms with E-state index in [4.69, 9.17) is 11.6 Å². The molecule has 0 aliphatic heterocycles. The molecule has 0 aromatic heterocycles. The lowest BCUT2D eigenvalue weighted by atomic mass is 9.48. The van der Waals surface area contributed by atoms with E-state index in [1.54, 1.807) is 0 Å². The van der Waals surface area contributed by atoms with Gasteiger partial charge in [0.05, 0.1) is 12.2 Å². The quantitative estimate of drug-likeness (QED) is 0.554. The standard InChI is InChI=1S/C26H33ClO2/c1-25-11-9-19(28)15-18(25)7-8-20-21(25)10-12-26(2)22(20)14-17(24(26)29)13-16-5-3-4-6-23(16)27/h3-7,13,19-22,24,28-29H,8-12,14-15H2,1-2H3/b17-13+. The maximum Gasteiger partial charge on any atom is 0.0809 e. The molecule has 0 bridgehead atoms. The van der Waals surface area contributed by atoms with E-state index in [1.807, 2.05) is 24.3 Å². The van der Waals surface area contributed by atoms with Crippen molar-refractivity contribution < 1.29 is 10.2 Å². The second kappa shape index (κ2) is 6.97. The molecule has 7 atom stereocenters. The number of fused-ring (bicyclic) bond motifs is 5. The van der Waals surface area contributed by atoms with Crippen LogP contribution < -0.4 is 0 Å². The second-order valence-electron chi connectivity index (χ2n) is 10.5. The van der Waals surface area contributed by atoms with Crippen LogP contribution in [-0.2, 0) is 0 Å². The number of aliphatic hydroxyl groups is 2. The maximum atomic E-state index is 11.4. The highest BCUT2D eigenvalue weighted by atomic mass is 35.5. The molecule has 5 rings (SSSR count). The van der Waals surface area contributed by atoms with E-state index in [9.17, 15) is 10.2 Å². The van der Waals surface area contributed by atoms with E-state index in [2.05, 4.69) is 26.0 Å². The Kier molecular flexibility index (Phi) is 4.77. The Bertz CT molecular complexity index is 873. The van der Waals surface area contributed by atoms with E-state index in [0.29, 0.717) is 17.8 Å². The van der Waals surface area contributed by atoms with Crippen molar-refractivity contribution in [3.63, 3.8) is 0 Å². The van der Waals surface area contributed by atoms with Gasteiger partial charge in [-0.25, -0.2) is 0 Å². The molecule has 1 aromatic carbocycles. The summed E-state index contributed by atoms with van der Waals surface area (Å²) in [5, 5.41) is 22.3. The van der Waals surface area contributed by atoms with Crippen LogP contribution in [0.25, 0.3) is 6.08 Å². The molecule has 0 spiro atoms. The summed E-state index contributed by atoms with van der Waals surface area (Å²) in [6, 6.07) is 7.93. The minimum atomic E-state index is -0.379. The molecular formula is C26H33ClO2. The smallest absolute Gasteiger partial charge is 0.0809 e. The molecule has 4 aliphatic rings. The Labute approximate surface area is 179 Å². The van der Waals surface area contributed by atoms with Crippen LogP contribution in [0.2, 0.25) is 5.02 Å². The van der Waals surface area contributed by atoms with Crippen molar-refractivity contribution in [1.82, 2.24) is 0 Å². The summed E-state index contributed by atoms with van der Waals surface area (Å²) >= 11 is 6.40. The van der Waals surface area contributed by atoms with Gasteiger partial charge in [-0.1, -0.05) is 61.4 Å². The predicted octanol–water partition coefficient (Wildman–Crippen LogP) is 6.02. The largest absolute Gasteiger partial charge is 0.393 e. The molecule has 0 heterocycles. The molecule has 1 aromatic rings. The third kappa shape index (κ3) is 2.98. The van der Waals surface area contributed by atoms with Gasteiger partial charge in [0, 0.05) is 10.4 Å². The Morgan fingerprint density at radius 1 is 1.03 bits per heavy atom. The first kappa shape index (κ1) is 19.8. The van der Waals surface area contributed by atoms with Crippen molar-refractivity contribution in [2.75, 3.05) is 0 Å². The molecule has 3 fully saturated rings. The lowest BCUT2D eigenvalue weighted by Crippen LogP contribution is -2.51. The van der Waals surface area contributed by atoms with Gasteiger partial charge in [0.1, 0.15) is 0 Å². The average molecular weight is 413 g/mol. The zero-order valence-electron chi connectivity index (χ0n) is 17.6. The zero-order valence-corrected chi connectivity index (χ0v) is 18.3. The zero-order chi connectivity index (χ0) is 20.4. The normalized spacial score (nSPS) is 45.3. The summed E-state index contributed by atoms with van der Waals surface area (Å²) in [7, 11) is 0. The summed E-state index contributed by atoms with van der Waals surface area (Å²) in [5.74, 6) is 1.83. The molecule has 0 saturated heterocycles. The van der Waals surface area contributed by atoms with E-state index in [-0.39, 0.29) is 23.0 Å². The third-order valence-corrected chi connectivity index (χ3v) is 9.54. The molecule has 7 unspecified atom stereocenters. The van der Waals surface area contributed by atoms with E-state index in [1.165, 1.54) is 12.0 Å². The molecule has 29 heavy (non-hydrogen) atoms. The number of aliphatic hydroxyl groups excluding tert-OH is 2. The number of hydrogen-bond donors (Lipinski definition) is 2. The first-order valence-corrected chi connectivity index (χ1v) is 11.7. The summed E-state index contributed by atoms with van der Waals surface area (Å²) in [5.41, 5.74) is 3.88. The fourth-order valence-corrected chi connectivity index (χ4v) is 7.62. The Balaban J connectivity index is 1.48. The molecule has 4 aliphatic carbocycles. The first-order valence-electron chi connectivity index (χ1n) is 11.3. The van der Waals surface area contributed by atoms with Gasteiger partial charge in [0.15, 0.2) is 0 Å². The van der Waals surface area contributed by atoms with Crippen molar-refractivity contribution in [3.8, 4) is 0 Å². The van der Waals surface area contributed by atoms with Gasteiger partial charge in [-0.3, -0.25) is 0 Å². The van der Waals surface area contributed by atoms with Gasteiger partial charge in [0.2, 0.25) is 0 Å². The SMILES string of the molecule is CC12CCC(O)CC1=CCC1C2CCC2(C)C(O)/C(=C/c3ccccc3Cl)CC12. The van der Waals surface area contributed by atoms with Gasteiger partial charge >= 0.3 is 0 Å². The van der Waals surface area contributed by atoms with E-state index < -0.39 is 0 Å². The lowest BCUT2D eigenvalue weighted by Gasteiger charge is -2.57. The van der Waals surface area contributed by atoms with Crippen molar-refractivity contribution in [1.29, 1.82) is 0 Å². The van der Waals surface area contributed by atoms with Gasteiger partial charge in [-0.05, 0) is 85.3 Å². The van der Waals surface area contributed by atoms with E-state index >= 15 is 0 Å². The fourth-order valence-electron chi connectivity index (χ4n) is 7.43. The number of hydrogen-bond acceptors (Lipinski definition) is 2. The molecule has 3 heteroatoms. The van der Waals surface area contributed by atoms with Gasteiger partial charge in [0.25, 0.3) is 0 Å². The molecule has 3 saturated carbocycles. The molecule has 156 valence electrons. The minimum Gasteiger partial charge on any atom is -0.393 e. The summed E-state index contributed by atoms with van der Waals surface area (Å²) < 4.78 is 0. The minimum absolute atomic E-state index is 0.0376. The third-order valence-electron chi connectivity index (χ3n) is 9.19. The monoisotopic (exact) mass is 412 g/mol. The van der Waals surface area contributed by atoms with Crippen LogP contribution in [-0.4, -0.2) is 22.4 Å². The topological polar surface area (TPSA) is 40.5 Å². The second-order valence-corrected chi connectivity index (χ2v) is 11.0. The summed E-state index contributed by atoms with van der Waals surface area (Å²) in [6.45, 7) is 4.77. The number of benzene rings is 1. The summed E-state index contributed by atoms with van der Waals surface area (Å²) in [4.78, 5) is 0.